The second-order valence-corrected chi connectivity index (χ2v) is 5.24. The molecular weight excluding hydrogens is 286 g/mol. The molecule has 0 aliphatic rings. The Bertz CT molecular complexity index is 602. The molecule has 0 saturated heterocycles. The highest BCUT2D eigenvalue weighted by atomic mass is 35.5. The summed E-state index contributed by atoms with van der Waals surface area (Å²) in [4.78, 5) is 6.49. The van der Waals surface area contributed by atoms with Crippen LogP contribution in [0.2, 0.25) is 5.02 Å². The third-order valence-electron chi connectivity index (χ3n) is 2.99. The van der Waals surface area contributed by atoms with E-state index in [0.29, 0.717) is 11.6 Å². The van der Waals surface area contributed by atoms with E-state index in [9.17, 15) is 0 Å². The molecule has 1 N–H and O–H groups in total. The predicted octanol–water partition coefficient (Wildman–Crippen LogP) is 3.81. The van der Waals surface area contributed by atoms with Gasteiger partial charge in [0.2, 0.25) is 0 Å². The Labute approximate surface area is 130 Å². The van der Waals surface area contributed by atoms with E-state index >= 15 is 0 Å². The number of hydrogen-bond donors (Lipinski definition) is 1. The van der Waals surface area contributed by atoms with Gasteiger partial charge in [0.25, 0.3) is 0 Å². The van der Waals surface area contributed by atoms with Crippen molar-refractivity contribution in [3.8, 4) is 5.75 Å². The van der Waals surface area contributed by atoms with Crippen LogP contribution in [0.15, 0.2) is 36.4 Å². The zero-order chi connectivity index (χ0) is 15.2. The minimum absolute atomic E-state index is 0.342. The normalized spacial score (nSPS) is 10.3. The van der Waals surface area contributed by atoms with Gasteiger partial charge in [0, 0.05) is 32.4 Å². The average molecular weight is 306 g/mol. The second kappa shape index (κ2) is 7.18. The molecule has 2 aromatic rings. The van der Waals surface area contributed by atoms with Crippen LogP contribution in [0.4, 0.5) is 11.5 Å². The topological polar surface area (TPSA) is 37.4 Å². The average Bonchev–Trinajstić information content (AvgIpc) is 2.48. The molecule has 2 rings (SSSR count). The SMILES string of the molecule is CCNc1ccc(Cl)c(COc2cccc(N(C)C)c2)n1. The molecule has 0 atom stereocenters. The van der Waals surface area contributed by atoms with Gasteiger partial charge in [-0.1, -0.05) is 17.7 Å². The van der Waals surface area contributed by atoms with Gasteiger partial charge in [-0.3, -0.25) is 0 Å². The first kappa shape index (κ1) is 15.4. The van der Waals surface area contributed by atoms with E-state index < -0.39 is 0 Å². The second-order valence-electron chi connectivity index (χ2n) is 4.84. The van der Waals surface area contributed by atoms with Crippen LogP contribution < -0.4 is 15.0 Å². The number of ether oxygens (including phenoxy) is 1. The van der Waals surface area contributed by atoms with Gasteiger partial charge in [0.05, 0.1) is 10.7 Å². The number of hydrogen-bond acceptors (Lipinski definition) is 4. The Balaban J connectivity index is 2.09. The third kappa shape index (κ3) is 4.26. The van der Waals surface area contributed by atoms with Crippen LogP contribution in [0.3, 0.4) is 0 Å². The van der Waals surface area contributed by atoms with E-state index in [1.54, 1.807) is 0 Å². The molecule has 112 valence electrons. The van der Waals surface area contributed by atoms with Crippen molar-refractivity contribution in [2.45, 2.75) is 13.5 Å². The lowest BCUT2D eigenvalue weighted by Gasteiger charge is -2.14. The van der Waals surface area contributed by atoms with E-state index in [1.165, 1.54) is 0 Å². The molecule has 1 heterocycles. The zero-order valence-electron chi connectivity index (χ0n) is 12.6. The number of rotatable bonds is 6. The Hall–Kier alpha value is -1.94. The first-order valence-electron chi connectivity index (χ1n) is 6.89. The standard InChI is InChI=1S/C16H20ClN3O/c1-4-18-16-9-8-14(17)15(19-16)11-21-13-7-5-6-12(10-13)20(2)3/h5-10H,4,11H2,1-3H3,(H,18,19). The monoisotopic (exact) mass is 305 g/mol. The molecule has 0 bridgehead atoms. The molecule has 4 nitrogen and oxygen atoms in total. The molecule has 1 aromatic heterocycles. The molecule has 0 aliphatic heterocycles. The first-order chi connectivity index (χ1) is 10.1. The molecule has 0 amide bonds. The fourth-order valence-corrected chi connectivity index (χ4v) is 2.03. The maximum atomic E-state index is 6.17. The van der Waals surface area contributed by atoms with Crippen molar-refractivity contribution in [2.24, 2.45) is 0 Å². The van der Waals surface area contributed by atoms with Gasteiger partial charge in [-0.05, 0) is 31.2 Å². The molecule has 21 heavy (non-hydrogen) atoms. The Morgan fingerprint density at radius 3 is 2.76 bits per heavy atom. The molecule has 1 aromatic carbocycles. The maximum absolute atomic E-state index is 6.17. The van der Waals surface area contributed by atoms with Crippen LogP contribution in [0, 0.1) is 0 Å². The fraction of sp³-hybridized carbons (Fsp3) is 0.312. The number of anilines is 2. The van der Waals surface area contributed by atoms with Crippen LogP contribution in [0.25, 0.3) is 0 Å². The summed E-state index contributed by atoms with van der Waals surface area (Å²) in [6.07, 6.45) is 0. The highest BCUT2D eigenvalue weighted by Gasteiger charge is 2.06. The van der Waals surface area contributed by atoms with Gasteiger partial charge in [-0.25, -0.2) is 4.98 Å². The summed E-state index contributed by atoms with van der Waals surface area (Å²) in [5.74, 6) is 1.61. The molecule has 0 unspecified atom stereocenters. The summed E-state index contributed by atoms with van der Waals surface area (Å²) in [6.45, 7) is 3.19. The summed E-state index contributed by atoms with van der Waals surface area (Å²) < 4.78 is 5.80. The molecular formula is C16H20ClN3O. The van der Waals surface area contributed by atoms with Crippen LogP contribution in [0.1, 0.15) is 12.6 Å². The van der Waals surface area contributed by atoms with Crippen molar-refractivity contribution < 1.29 is 4.74 Å². The smallest absolute Gasteiger partial charge is 0.132 e. The number of nitrogens with zero attached hydrogens (tertiary/aromatic N) is 2. The lowest BCUT2D eigenvalue weighted by molar-refractivity contribution is 0.301. The van der Waals surface area contributed by atoms with E-state index in [-0.39, 0.29) is 0 Å². The highest BCUT2D eigenvalue weighted by Crippen LogP contribution is 2.22. The Kier molecular flexibility index (Phi) is 5.28. The summed E-state index contributed by atoms with van der Waals surface area (Å²) in [5.41, 5.74) is 1.82. The van der Waals surface area contributed by atoms with Gasteiger partial charge in [-0.15, -0.1) is 0 Å². The van der Waals surface area contributed by atoms with E-state index in [1.807, 2.05) is 62.3 Å². The van der Waals surface area contributed by atoms with Gasteiger partial charge < -0.3 is 15.0 Å². The zero-order valence-corrected chi connectivity index (χ0v) is 13.3. The molecule has 0 spiro atoms. The van der Waals surface area contributed by atoms with Gasteiger partial charge >= 0.3 is 0 Å². The van der Waals surface area contributed by atoms with Crippen molar-refractivity contribution in [3.63, 3.8) is 0 Å². The van der Waals surface area contributed by atoms with Crippen LogP contribution in [-0.2, 0) is 6.61 Å². The van der Waals surface area contributed by atoms with Crippen molar-refractivity contribution in [3.05, 3.63) is 47.1 Å². The summed E-state index contributed by atoms with van der Waals surface area (Å²) in [6, 6.07) is 11.6. The first-order valence-corrected chi connectivity index (χ1v) is 7.27. The summed E-state index contributed by atoms with van der Waals surface area (Å²) >= 11 is 6.17. The molecule has 0 aliphatic carbocycles. The van der Waals surface area contributed by atoms with Gasteiger partial charge in [0.15, 0.2) is 0 Å². The third-order valence-corrected chi connectivity index (χ3v) is 3.33. The minimum atomic E-state index is 0.342. The lowest BCUT2D eigenvalue weighted by atomic mass is 10.3. The molecule has 0 radical (unpaired) electrons. The Morgan fingerprint density at radius 2 is 2.05 bits per heavy atom. The van der Waals surface area contributed by atoms with Crippen molar-refractivity contribution in [1.29, 1.82) is 0 Å². The van der Waals surface area contributed by atoms with Crippen LogP contribution in [0.5, 0.6) is 5.75 Å². The van der Waals surface area contributed by atoms with E-state index in [0.717, 1.165) is 29.5 Å². The number of aromatic nitrogens is 1. The van der Waals surface area contributed by atoms with E-state index in [2.05, 4.69) is 10.3 Å². The van der Waals surface area contributed by atoms with Gasteiger partial charge in [0.1, 0.15) is 18.2 Å². The fourth-order valence-electron chi connectivity index (χ4n) is 1.87. The van der Waals surface area contributed by atoms with Gasteiger partial charge in [-0.2, -0.15) is 0 Å². The number of benzene rings is 1. The largest absolute Gasteiger partial charge is 0.487 e. The Morgan fingerprint density at radius 1 is 1.24 bits per heavy atom. The van der Waals surface area contributed by atoms with Crippen molar-refractivity contribution in [2.75, 3.05) is 30.9 Å². The predicted molar refractivity (Wildman–Crippen MR) is 88.5 cm³/mol. The molecule has 0 saturated carbocycles. The van der Waals surface area contributed by atoms with Crippen molar-refractivity contribution >= 4 is 23.1 Å². The quantitative estimate of drug-likeness (QED) is 0.880. The number of nitrogens with one attached hydrogen (secondary N) is 1. The van der Waals surface area contributed by atoms with E-state index in [4.69, 9.17) is 16.3 Å². The minimum Gasteiger partial charge on any atom is -0.487 e. The maximum Gasteiger partial charge on any atom is 0.132 e. The highest BCUT2D eigenvalue weighted by molar-refractivity contribution is 6.31. The van der Waals surface area contributed by atoms with Crippen molar-refractivity contribution in [1.82, 2.24) is 4.98 Å². The molecule has 5 heteroatoms. The summed E-state index contributed by atoms with van der Waals surface area (Å²) in [5, 5.41) is 3.78. The van der Waals surface area contributed by atoms with Crippen LogP contribution in [-0.4, -0.2) is 25.6 Å². The molecule has 0 fully saturated rings. The lowest BCUT2D eigenvalue weighted by Crippen LogP contribution is -2.08. The number of halogens is 1. The number of pyridine rings is 1. The summed E-state index contributed by atoms with van der Waals surface area (Å²) in [7, 11) is 3.99. The van der Waals surface area contributed by atoms with Crippen LogP contribution >= 0.6 is 11.6 Å².